The largest absolute Gasteiger partial charge is 0.493 e. The van der Waals surface area contributed by atoms with E-state index in [1.807, 2.05) is 43.3 Å². The van der Waals surface area contributed by atoms with E-state index in [-0.39, 0.29) is 0 Å². The standard InChI is InChI=1S/C26H26O5/c1-4-5-14-31-25(28)13-12-19-11-10-18-8-6-7-9-21(18)26(19)22-16-24(30-3)23(29-2)15-20(22)17-27/h6-13,15-17H,4-5,14H2,1-3H3/b13-12+. The van der Waals surface area contributed by atoms with Crippen LogP contribution in [0.3, 0.4) is 0 Å². The third-order valence-electron chi connectivity index (χ3n) is 5.05. The lowest BCUT2D eigenvalue weighted by atomic mass is 9.90. The third kappa shape index (κ3) is 4.94. The Morgan fingerprint density at radius 1 is 0.968 bits per heavy atom. The first-order chi connectivity index (χ1) is 15.1. The molecule has 0 aliphatic carbocycles. The lowest BCUT2D eigenvalue weighted by molar-refractivity contribution is -0.137. The van der Waals surface area contributed by atoms with E-state index in [2.05, 4.69) is 0 Å². The van der Waals surface area contributed by atoms with Crippen molar-refractivity contribution >= 4 is 29.1 Å². The molecular weight excluding hydrogens is 392 g/mol. The number of methoxy groups -OCH3 is 2. The lowest BCUT2D eigenvalue weighted by Gasteiger charge is -2.16. The van der Waals surface area contributed by atoms with Gasteiger partial charge >= 0.3 is 5.97 Å². The summed E-state index contributed by atoms with van der Waals surface area (Å²) in [6.45, 7) is 2.44. The molecule has 0 saturated heterocycles. The van der Waals surface area contributed by atoms with Crippen LogP contribution in [-0.2, 0) is 9.53 Å². The molecule has 3 aromatic carbocycles. The summed E-state index contributed by atoms with van der Waals surface area (Å²) in [5, 5.41) is 1.98. The summed E-state index contributed by atoms with van der Waals surface area (Å²) >= 11 is 0. The molecule has 0 saturated carbocycles. The Morgan fingerprint density at radius 2 is 1.71 bits per heavy atom. The Morgan fingerprint density at radius 3 is 2.42 bits per heavy atom. The molecule has 0 radical (unpaired) electrons. The second-order valence-electron chi connectivity index (χ2n) is 7.02. The summed E-state index contributed by atoms with van der Waals surface area (Å²) in [6.07, 6.45) is 5.73. The number of benzene rings is 3. The smallest absolute Gasteiger partial charge is 0.330 e. The van der Waals surface area contributed by atoms with Crippen LogP contribution in [0, 0.1) is 0 Å². The summed E-state index contributed by atoms with van der Waals surface area (Å²) < 4.78 is 16.1. The maximum atomic E-state index is 12.1. The topological polar surface area (TPSA) is 61.8 Å². The van der Waals surface area contributed by atoms with Gasteiger partial charge in [-0.05, 0) is 52.1 Å². The minimum absolute atomic E-state index is 0.393. The Bertz CT molecular complexity index is 1110. The van der Waals surface area contributed by atoms with E-state index >= 15 is 0 Å². The van der Waals surface area contributed by atoms with Crippen molar-refractivity contribution in [3.8, 4) is 22.6 Å². The van der Waals surface area contributed by atoms with Crippen molar-refractivity contribution in [1.82, 2.24) is 0 Å². The molecule has 31 heavy (non-hydrogen) atoms. The molecule has 0 amide bonds. The quantitative estimate of drug-likeness (QED) is 0.193. The SMILES string of the molecule is CCCCOC(=O)/C=C/c1ccc2ccccc2c1-c1cc(OC)c(OC)cc1C=O. The van der Waals surface area contributed by atoms with Gasteiger partial charge in [-0.2, -0.15) is 0 Å². The molecule has 0 bridgehead atoms. The molecule has 0 spiro atoms. The molecule has 0 atom stereocenters. The van der Waals surface area contributed by atoms with E-state index in [0.717, 1.165) is 41.0 Å². The van der Waals surface area contributed by atoms with Gasteiger partial charge in [-0.3, -0.25) is 4.79 Å². The maximum absolute atomic E-state index is 12.1. The number of aldehydes is 1. The summed E-state index contributed by atoms with van der Waals surface area (Å²) in [5.74, 6) is 0.602. The van der Waals surface area contributed by atoms with Gasteiger partial charge < -0.3 is 14.2 Å². The molecular formula is C26H26O5. The molecule has 3 aromatic rings. The molecule has 0 unspecified atom stereocenters. The Labute approximate surface area is 182 Å². The molecule has 5 heteroatoms. The molecule has 3 rings (SSSR count). The van der Waals surface area contributed by atoms with Crippen molar-refractivity contribution in [2.75, 3.05) is 20.8 Å². The van der Waals surface area contributed by atoms with Gasteiger partial charge in [-0.25, -0.2) is 4.79 Å². The predicted octanol–water partition coefficient (Wildman–Crippen LogP) is 5.69. The number of hydrogen-bond donors (Lipinski definition) is 0. The minimum atomic E-state index is -0.393. The van der Waals surface area contributed by atoms with Crippen LogP contribution >= 0.6 is 0 Å². The summed E-state index contributed by atoms with van der Waals surface area (Å²) in [7, 11) is 3.08. The van der Waals surface area contributed by atoms with Crippen LogP contribution in [0.2, 0.25) is 0 Å². The summed E-state index contributed by atoms with van der Waals surface area (Å²) in [4.78, 5) is 24.0. The van der Waals surface area contributed by atoms with Gasteiger partial charge in [0.05, 0.1) is 20.8 Å². The van der Waals surface area contributed by atoms with Gasteiger partial charge in [0.25, 0.3) is 0 Å². The van der Waals surface area contributed by atoms with Gasteiger partial charge in [0, 0.05) is 11.6 Å². The number of carbonyl (C=O) groups excluding carboxylic acids is 2. The fourth-order valence-electron chi connectivity index (χ4n) is 3.46. The van der Waals surface area contributed by atoms with Crippen molar-refractivity contribution in [3.05, 3.63) is 65.7 Å². The van der Waals surface area contributed by atoms with Crippen LogP contribution in [-0.4, -0.2) is 33.1 Å². The predicted molar refractivity (Wildman–Crippen MR) is 123 cm³/mol. The second kappa shape index (κ2) is 10.4. The fraction of sp³-hybridized carbons (Fsp3) is 0.231. The van der Waals surface area contributed by atoms with Crippen molar-refractivity contribution in [2.24, 2.45) is 0 Å². The zero-order valence-electron chi connectivity index (χ0n) is 18.0. The number of hydrogen-bond acceptors (Lipinski definition) is 5. The molecule has 0 aromatic heterocycles. The first kappa shape index (κ1) is 22.1. The highest BCUT2D eigenvalue weighted by molar-refractivity contribution is 6.05. The Balaban J connectivity index is 2.18. The van der Waals surface area contributed by atoms with Crippen LogP contribution in [0.15, 0.2) is 54.6 Å². The number of unbranched alkanes of at least 4 members (excludes halogenated alkanes) is 1. The monoisotopic (exact) mass is 418 g/mol. The highest BCUT2D eigenvalue weighted by Gasteiger charge is 2.17. The Hall–Kier alpha value is -3.60. The van der Waals surface area contributed by atoms with E-state index in [9.17, 15) is 9.59 Å². The molecule has 5 nitrogen and oxygen atoms in total. The molecule has 0 heterocycles. The highest BCUT2D eigenvalue weighted by Crippen LogP contribution is 2.40. The van der Waals surface area contributed by atoms with Crippen LogP contribution in [0.4, 0.5) is 0 Å². The summed E-state index contributed by atoms with van der Waals surface area (Å²) in [6, 6.07) is 15.3. The molecule has 0 fully saturated rings. The maximum Gasteiger partial charge on any atom is 0.330 e. The van der Waals surface area contributed by atoms with E-state index in [0.29, 0.717) is 29.2 Å². The van der Waals surface area contributed by atoms with E-state index in [1.54, 1.807) is 25.3 Å². The van der Waals surface area contributed by atoms with Crippen LogP contribution in [0.25, 0.3) is 28.0 Å². The van der Waals surface area contributed by atoms with Gasteiger partial charge in [0.15, 0.2) is 17.8 Å². The zero-order chi connectivity index (χ0) is 22.2. The molecule has 0 aliphatic rings. The van der Waals surface area contributed by atoms with E-state index < -0.39 is 5.97 Å². The highest BCUT2D eigenvalue weighted by atomic mass is 16.5. The van der Waals surface area contributed by atoms with Gasteiger partial charge in [0.1, 0.15) is 0 Å². The normalized spacial score (nSPS) is 10.9. The van der Waals surface area contributed by atoms with Crippen molar-refractivity contribution in [1.29, 1.82) is 0 Å². The fourth-order valence-corrected chi connectivity index (χ4v) is 3.46. The number of rotatable bonds is 9. The lowest BCUT2D eigenvalue weighted by Crippen LogP contribution is -2.02. The van der Waals surface area contributed by atoms with Gasteiger partial charge in [-0.1, -0.05) is 49.7 Å². The van der Waals surface area contributed by atoms with Crippen molar-refractivity contribution in [2.45, 2.75) is 19.8 Å². The van der Waals surface area contributed by atoms with Gasteiger partial charge in [0.2, 0.25) is 0 Å². The van der Waals surface area contributed by atoms with Crippen molar-refractivity contribution < 1.29 is 23.8 Å². The molecule has 160 valence electrons. The number of fused-ring (bicyclic) bond motifs is 1. The molecule has 0 N–H and O–H groups in total. The Kier molecular flexibility index (Phi) is 7.44. The van der Waals surface area contributed by atoms with Crippen molar-refractivity contribution in [3.63, 3.8) is 0 Å². The number of esters is 1. The van der Waals surface area contributed by atoms with Gasteiger partial charge in [-0.15, -0.1) is 0 Å². The minimum Gasteiger partial charge on any atom is -0.493 e. The number of carbonyl (C=O) groups is 2. The van der Waals surface area contributed by atoms with Crippen LogP contribution in [0.5, 0.6) is 11.5 Å². The first-order valence-corrected chi connectivity index (χ1v) is 10.2. The van der Waals surface area contributed by atoms with E-state index in [1.165, 1.54) is 13.2 Å². The van der Waals surface area contributed by atoms with E-state index in [4.69, 9.17) is 14.2 Å². The zero-order valence-corrected chi connectivity index (χ0v) is 18.0. The van der Waals surface area contributed by atoms with Crippen LogP contribution < -0.4 is 9.47 Å². The third-order valence-corrected chi connectivity index (χ3v) is 5.05. The number of ether oxygens (including phenoxy) is 3. The average Bonchev–Trinajstić information content (AvgIpc) is 2.81. The first-order valence-electron chi connectivity index (χ1n) is 10.2. The average molecular weight is 418 g/mol. The second-order valence-corrected chi connectivity index (χ2v) is 7.02. The van der Waals surface area contributed by atoms with Crippen LogP contribution in [0.1, 0.15) is 35.7 Å². The summed E-state index contributed by atoms with van der Waals surface area (Å²) in [5.41, 5.74) is 2.79. The molecule has 0 aliphatic heterocycles.